The van der Waals surface area contributed by atoms with Gasteiger partial charge < -0.3 is 5.32 Å². The highest BCUT2D eigenvalue weighted by Gasteiger charge is 2.25. The SMILES string of the molecule is Cc1cccc(C)c1NC(=O)C1CCN(Cc2ccc(F)cc2)CC1. The highest BCUT2D eigenvalue weighted by molar-refractivity contribution is 5.94. The third-order valence-corrected chi connectivity index (χ3v) is 5.01. The van der Waals surface area contributed by atoms with Gasteiger partial charge in [-0.25, -0.2) is 4.39 Å². The van der Waals surface area contributed by atoms with Crippen molar-refractivity contribution in [1.29, 1.82) is 0 Å². The molecule has 0 spiro atoms. The molecule has 0 radical (unpaired) electrons. The number of carbonyl (C=O) groups excluding carboxylic acids is 1. The largest absolute Gasteiger partial charge is 0.325 e. The Bertz CT molecular complexity index is 714. The molecule has 3 rings (SSSR count). The number of aryl methyl sites for hydroxylation is 2. The average molecular weight is 340 g/mol. The number of rotatable bonds is 4. The standard InChI is InChI=1S/C21H25FN2O/c1-15-4-3-5-16(2)20(15)23-21(25)18-10-12-24(13-11-18)14-17-6-8-19(22)9-7-17/h3-9,18H,10-14H2,1-2H3,(H,23,25). The summed E-state index contributed by atoms with van der Waals surface area (Å²) in [6.07, 6.45) is 1.72. The number of halogens is 1. The molecule has 1 aliphatic heterocycles. The van der Waals surface area contributed by atoms with E-state index in [4.69, 9.17) is 0 Å². The van der Waals surface area contributed by atoms with Gasteiger partial charge in [-0.1, -0.05) is 30.3 Å². The van der Waals surface area contributed by atoms with Gasteiger partial charge in [0.2, 0.25) is 5.91 Å². The van der Waals surface area contributed by atoms with Crippen LogP contribution in [0.1, 0.15) is 29.5 Å². The second-order valence-corrected chi connectivity index (χ2v) is 6.93. The van der Waals surface area contributed by atoms with Gasteiger partial charge in [0.15, 0.2) is 0 Å². The smallest absolute Gasteiger partial charge is 0.227 e. The first-order chi connectivity index (χ1) is 12.0. The van der Waals surface area contributed by atoms with Crippen molar-refractivity contribution in [2.45, 2.75) is 33.2 Å². The third kappa shape index (κ3) is 4.45. The number of hydrogen-bond acceptors (Lipinski definition) is 2. The van der Waals surface area contributed by atoms with E-state index in [1.807, 2.05) is 44.2 Å². The van der Waals surface area contributed by atoms with Crippen LogP contribution in [0.25, 0.3) is 0 Å². The summed E-state index contributed by atoms with van der Waals surface area (Å²) in [5.74, 6) is -0.0204. The number of hydrogen-bond donors (Lipinski definition) is 1. The summed E-state index contributed by atoms with van der Waals surface area (Å²) in [7, 11) is 0. The summed E-state index contributed by atoms with van der Waals surface area (Å²) in [4.78, 5) is 14.9. The Balaban J connectivity index is 1.53. The van der Waals surface area contributed by atoms with Crippen LogP contribution in [0.15, 0.2) is 42.5 Å². The number of nitrogens with zero attached hydrogens (tertiary/aromatic N) is 1. The summed E-state index contributed by atoms with van der Waals surface area (Å²) in [5, 5.41) is 3.12. The number of likely N-dealkylation sites (tertiary alicyclic amines) is 1. The van der Waals surface area contributed by atoms with E-state index < -0.39 is 0 Å². The molecule has 0 aromatic heterocycles. The molecule has 2 aromatic carbocycles. The van der Waals surface area contributed by atoms with Crippen LogP contribution in [0.4, 0.5) is 10.1 Å². The molecule has 1 fully saturated rings. The van der Waals surface area contributed by atoms with E-state index in [0.29, 0.717) is 0 Å². The first kappa shape index (κ1) is 17.6. The molecule has 3 nitrogen and oxygen atoms in total. The summed E-state index contributed by atoms with van der Waals surface area (Å²) >= 11 is 0. The zero-order chi connectivity index (χ0) is 17.8. The monoisotopic (exact) mass is 340 g/mol. The number of anilines is 1. The molecule has 1 saturated heterocycles. The van der Waals surface area contributed by atoms with Gasteiger partial charge in [0.05, 0.1) is 0 Å². The Kier molecular flexibility index (Phi) is 5.49. The molecule has 0 atom stereocenters. The lowest BCUT2D eigenvalue weighted by Crippen LogP contribution is -2.37. The number of piperidine rings is 1. The molecule has 1 N–H and O–H groups in total. The van der Waals surface area contributed by atoms with Crippen molar-refractivity contribution >= 4 is 11.6 Å². The highest BCUT2D eigenvalue weighted by atomic mass is 19.1. The molecule has 0 aliphatic carbocycles. The van der Waals surface area contributed by atoms with Gasteiger partial charge in [0, 0.05) is 18.2 Å². The van der Waals surface area contributed by atoms with Crippen LogP contribution in [-0.2, 0) is 11.3 Å². The minimum atomic E-state index is -0.203. The molecule has 4 heteroatoms. The second kappa shape index (κ2) is 7.79. The molecule has 132 valence electrons. The first-order valence-corrected chi connectivity index (χ1v) is 8.87. The molecular weight excluding hydrogens is 315 g/mol. The normalized spacial score (nSPS) is 16.0. The van der Waals surface area contributed by atoms with Gasteiger partial charge in [-0.3, -0.25) is 9.69 Å². The Labute approximate surface area is 148 Å². The fourth-order valence-electron chi connectivity index (χ4n) is 3.44. The van der Waals surface area contributed by atoms with Crippen molar-refractivity contribution in [2.24, 2.45) is 5.92 Å². The van der Waals surface area contributed by atoms with E-state index >= 15 is 0 Å². The van der Waals surface area contributed by atoms with Gasteiger partial charge in [-0.15, -0.1) is 0 Å². The summed E-state index contributed by atoms with van der Waals surface area (Å²) in [6, 6.07) is 12.7. The highest BCUT2D eigenvalue weighted by Crippen LogP contribution is 2.24. The van der Waals surface area contributed by atoms with Gasteiger partial charge in [-0.2, -0.15) is 0 Å². The molecule has 0 unspecified atom stereocenters. The number of benzene rings is 2. The van der Waals surface area contributed by atoms with Crippen molar-refractivity contribution in [2.75, 3.05) is 18.4 Å². The number of carbonyl (C=O) groups is 1. The van der Waals surface area contributed by atoms with Crippen molar-refractivity contribution in [3.8, 4) is 0 Å². The quantitative estimate of drug-likeness (QED) is 0.900. The Morgan fingerprint density at radius 3 is 2.28 bits per heavy atom. The van der Waals surface area contributed by atoms with E-state index in [0.717, 1.165) is 54.9 Å². The lowest BCUT2D eigenvalue weighted by atomic mass is 9.95. The van der Waals surface area contributed by atoms with Crippen LogP contribution in [0, 0.1) is 25.6 Å². The Hall–Kier alpha value is -2.20. The second-order valence-electron chi connectivity index (χ2n) is 6.93. The van der Waals surface area contributed by atoms with E-state index in [1.165, 1.54) is 12.1 Å². The van der Waals surface area contributed by atoms with Gasteiger partial charge in [0.1, 0.15) is 5.82 Å². The lowest BCUT2D eigenvalue weighted by molar-refractivity contribution is -0.121. The zero-order valence-electron chi connectivity index (χ0n) is 14.9. The van der Waals surface area contributed by atoms with Crippen molar-refractivity contribution in [3.05, 3.63) is 65.0 Å². The van der Waals surface area contributed by atoms with E-state index in [9.17, 15) is 9.18 Å². The molecule has 0 saturated carbocycles. The van der Waals surface area contributed by atoms with Gasteiger partial charge in [-0.05, 0) is 68.6 Å². The average Bonchev–Trinajstić information content (AvgIpc) is 2.61. The van der Waals surface area contributed by atoms with Crippen LogP contribution < -0.4 is 5.32 Å². The molecule has 2 aromatic rings. The van der Waals surface area contributed by atoms with Crippen LogP contribution in [0.2, 0.25) is 0 Å². The zero-order valence-corrected chi connectivity index (χ0v) is 14.9. The topological polar surface area (TPSA) is 32.3 Å². The van der Waals surface area contributed by atoms with Crippen molar-refractivity contribution in [1.82, 2.24) is 4.90 Å². The minimum Gasteiger partial charge on any atom is -0.325 e. The van der Waals surface area contributed by atoms with Gasteiger partial charge in [0.25, 0.3) is 0 Å². The molecule has 1 amide bonds. The Morgan fingerprint density at radius 2 is 1.68 bits per heavy atom. The van der Waals surface area contributed by atoms with Crippen molar-refractivity contribution < 1.29 is 9.18 Å². The van der Waals surface area contributed by atoms with Crippen LogP contribution in [0.3, 0.4) is 0 Å². The summed E-state index contributed by atoms with van der Waals surface area (Å²) in [6.45, 7) is 6.64. The molecule has 0 bridgehead atoms. The maximum atomic E-state index is 13.0. The Morgan fingerprint density at radius 1 is 1.08 bits per heavy atom. The lowest BCUT2D eigenvalue weighted by Gasteiger charge is -2.31. The third-order valence-electron chi connectivity index (χ3n) is 5.01. The minimum absolute atomic E-state index is 0.0588. The maximum absolute atomic E-state index is 13.0. The first-order valence-electron chi connectivity index (χ1n) is 8.87. The fraction of sp³-hybridized carbons (Fsp3) is 0.381. The summed E-state index contributed by atoms with van der Waals surface area (Å²) < 4.78 is 13.0. The fourth-order valence-corrected chi connectivity index (χ4v) is 3.44. The van der Waals surface area contributed by atoms with Crippen LogP contribution in [0.5, 0.6) is 0 Å². The van der Waals surface area contributed by atoms with Crippen LogP contribution in [-0.4, -0.2) is 23.9 Å². The van der Waals surface area contributed by atoms with E-state index in [2.05, 4.69) is 10.2 Å². The predicted molar refractivity (Wildman–Crippen MR) is 98.9 cm³/mol. The number of amides is 1. The van der Waals surface area contributed by atoms with Crippen LogP contribution >= 0.6 is 0 Å². The maximum Gasteiger partial charge on any atom is 0.227 e. The van der Waals surface area contributed by atoms with E-state index in [-0.39, 0.29) is 17.6 Å². The van der Waals surface area contributed by atoms with Gasteiger partial charge >= 0.3 is 0 Å². The molecule has 25 heavy (non-hydrogen) atoms. The predicted octanol–water partition coefficient (Wildman–Crippen LogP) is 4.29. The van der Waals surface area contributed by atoms with E-state index in [1.54, 1.807) is 0 Å². The molecular formula is C21H25FN2O. The molecule has 1 heterocycles. The van der Waals surface area contributed by atoms with Crippen molar-refractivity contribution in [3.63, 3.8) is 0 Å². The molecule has 1 aliphatic rings. The summed E-state index contributed by atoms with van der Waals surface area (Å²) in [5.41, 5.74) is 4.25. The number of nitrogens with one attached hydrogen (secondary N) is 1. The number of para-hydroxylation sites is 1.